The maximum absolute atomic E-state index is 5.76. The number of hydrogen-bond acceptors (Lipinski definition) is 3. The van der Waals surface area contributed by atoms with E-state index < -0.39 is 0 Å². The van der Waals surface area contributed by atoms with Crippen LogP contribution in [0.3, 0.4) is 0 Å². The Morgan fingerprint density at radius 2 is 2.16 bits per heavy atom. The molecule has 0 amide bonds. The number of nitrogens with zero attached hydrogens (tertiary/aromatic N) is 1. The van der Waals surface area contributed by atoms with E-state index >= 15 is 0 Å². The first kappa shape index (κ1) is 14.0. The van der Waals surface area contributed by atoms with E-state index in [0.29, 0.717) is 12.6 Å². The van der Waals surface area contributed by atoms with E-state index in [-0.39, 0.29) is 0 Å². The molecule has 0 radical (unpaired) electrons. The van der Waals surface area contributed by atoms with Crippen molar-refractivity contribution in [3.63, 3.8) is 0 Å². The first-order valence-corrected chi connectivity index (χ1v) is 6.99. The van der Waals surface area contributed by atoms with Crippen LogP contribution in [0.25, 0.3) is 0 Å². The maximum atomic E-state index is 5.76. The summed E-state index contributed by atoms with van der Waals surface area (Å²) >= 11 is 3.36. The van der Waals surface area contributed by atoms with Gasteiger partial charge in [0.15, 0.2) is 0 Å². The lowest BCUT2D eigenvalue weighted by molar-refractivity contribution is 0.301. The highest BCUT2D eigenvalue weighted by atomic mass is 79.9. The van der Waals surface area contributed by atoms with Gasteiger partial charge in [-0.2, -0.15) is 0 Å². The van der Waals surface area contributed by atoms with Crippen LogP contribution in [-0.2, 0) is 6.61 Å². The summed E-state index contributed by atoms with van der Waals surface area (Å²) in [5, 5.41) is 3.22. The second-order valence-corrected chi connectivity index (χ2v) is 5.25. The number of hydrogen-bond donors (Lipinski definition) is 1. The fourth-order valence-electron chi connectivity index (χ4n) is 1.69. The highest BCUT2D eigenvalue weighted by Crippen LogP contribution is 2.19. The molecule has 1 heterocycles. The average molecular weight is 321 g/mol. The van der Waals surface area contributed by atoms with Crippen LogP contribution in [-0.4, -0.2) is 12.0 Å². The van der Waals surface area contributed by atoms with E-state index in [9.17, 15) is 0 Å². The molecule has 0 aliphatic carbocycles. The summed E-state index contributed by atoms with van der Waals surface area (Å²) in [5.74, 6) is 0.865. The molecular formula is C15H17BrN2O. The van der Waals surface area contributed by atoms with Gasteiger partial charge in [0.05, 0.1) is 5.69 Å². The Balaban J connectivity index is 2.01. The second-order valence-electron chi connectivity index (χ2n) is 4.34. The van der Waals surface area contributed by atoms with Gasteiger partial charge in [0.25, 0.3) is 0 Å². The van der Waals surface area contributed by atoms with E-state index in [1.54, 1.807) is 6.20 Å². The zero-order valence-electron chi connectivity index (χ0n) is 11.1. The third kappa shape index (κ3) is 4.04. The Hall–Kier alpha value is -1.39. The molecule has 1 atom stereocenters. The lowest BCUT2D eigenvalue weighted by Crippen LogP contribution is -2.12. The lowest BCUT2D eigenvalue weighted by atomic mass is 10.1. The van der Waals surface area contributed by atoms with Gasteiger partial charge in [-0.15, -0.1) is 0 Å². The third-order valence-electron chi connectivity index (χ3n) is 2.97. The van der Waals surface area contributed by atoms with Crippen molar-refractivity contribution in [3.8, 4) is 5.75 Å². The molecule has 0 saturated heterocycles. The summed E-state index contributed by atoms with van der Waals surface area (Å²) in [6.07, 6.45) is 1.78. The van der Waals surface area contributed by atoms with Gasteiger partial charge in [-0.25, -0.2) is 0 Å². The van der Waals surface area contributed by atoms with Crippen molar-refractivity contribution in [2.24, 2.45) is 0 Å². The highest BCUT2D eigenvalue weighted by molar-refractivity contribution is 9.10. The molecule has 0 aliphatic rings. The van der Waals surface area contributed by atoms with E-state index in [1.165, 1.54) is 5.56 Å². The van der Waals surface area contributed by atoms with Gasteiger partial charge in [-0.05, 0) is 59.7 Å². The van der Waals surface area contributed by atoms with Crippen LogP contribution in [0.15, 0.2) is 47.1 Å². The van der Waals surface area contributed by atoms with Crippen LogP contribution >= 0.6 is 15.9 Å². The molecule has 1 N–H and O–H groups in total. The van der Waals surface area contributed by atoms with Crippen molar-refractivity contribution in [1.82, 2.24) is 10.3 Å². The predicted octanol–water partition coefficient (Wildman–Crippen LogP) is 3.70. The zero-order valence-corrected chi connectivity index (χ0v) is 12.6. The van der Waals surface area contributed by atoms with Crippen molar-refractivity contribution in [2.75, 3.05) is 7.05 Å². The summed E-state index contributed by atoms with van der Waals surface area (Å²) in [4.78, 5) is 4.28. The summed E-state index contributed by atoms with van der Waals surface area (Å²) in [5.41, 5.74) is 2.12. The van der Waals surface area contributed by atoms with Crippen molar-refractivity contribution >= 4 is 15.9 Å². The van der Waals surface area contributed by atoms with Crippen molar-refractivity contribution in [1.29, 1.82) is 0 Å². The Bertz CT molecular complexity index is 528. The van der Waals surface area contributed by atoms with E-state index in [2.05, 4.69) is 45.3 Å². The Kier molecular flexibility index (Phi) is 4.93. The number of pyridine rings is 1. The smallest absolute Gasteiger partial charge is 0.130 e. The van der Waals surface area contributed by atoms with Gasteiger partial charge < -0.3 is 10.1 Å². The summed E-state index contributed by atoms with van der Waals surface area (Å²) < 4.78 is 6.73. The molecule has 100 valence electrons. The molecule has 0 fully saturated rings. The van der Waals surface area contributed by atoms with Crippen LogP contribution in [0.1, 0.15) is 24.2 Å². The summed E-state index contributed by atoms with van der Waals surface area (Å²) in [6.45, 7) is 2.60. The molecule has 1 unspecified atom stereocenters. The van der Waals surface area contributed by atoms with Crippen LogP contribution in [0.2, 0.25) is 0 Å². The Morgan fingerprint density at radius 1 is 1.32 bits per heavy atom. The van der Waals surface area contributed by atoms with Gasteiger partial charge in [0.1, 0.15) is 12.4 Å². The molecule has 1 aromatic heterocycles. The van der Waals surface area contributed by atoms with Gasteiger partial charge in [-0.3, -0.25) is 4.98 Å². The van der Waals surface area contributed by atoms with Gasteiger partial charge in [-0.1, -0.05) is 12.1 Å². The largest absolute Gasteiger partial charge is 0.487 e. The minimum atomic E-state index is 0.314. The van der Waals surface area contributed by atoms with E-state index in [4.69, 9.17) is 4.74 Å². The normalized spacial score (nSPS) is 12.2. The monoisotopic (exact) mass is 320 g/mol. The molecule has 1 aromatic carbocycles. The molecule has 0 bridgehead atoms. The van der Waals surface area contributed by atoms with Gasteiger partial charge >= 0.3 is 0 Å². The maximum Gasteiger partial charge on any atom is 0.130 e. The van der Waals surface area contributed by atoms with Crippen molar-refractivity contribution in [2.45, 2.75) is 19.6 Å². The van der Waals surface area contributed by atoms with E-state index in [1.807, 2.05) is 31.3 Å². The zero-order chi connectivity index (χ0) is 13.7. The van der Waals surface area contributed by atoms with Gasteiger partial charge in [0, 0.05) is 16.7 Å². The third-order valence-corrected chi connectivity index (χ3v) is 3.44. The average Bonchev–Trinajstić information content (AvgIpc) is 2.46. The lowest BCUT2D eigenvalue weighted by Gasteiger charge is -2.12. The Labute approximate surface area is 122 Å². The fourth-order valence-corrected chi connectivity index (χ4v) is 1.92. The van der Waals surface area contributed by atoms with Crippen LogP contribution in [0.5, 0.6) is 5.75 Å². The number of halogens is 1. The number of ether oxygens (including phenoxy) is 1. The molecule has 3 nitrogen and oxygen atoms in total. The SMILES string of the molecule is CNC(C)c1cccc(OCc2ccc(Br)cn2)c1. The molecule has 2 rings (SSSR count). The standard InChI is InChI=1S/C15H17BrN2O/c1-11(17-2)12-4-3-5-15(8-12)19-10-14-7-6-13(16)9-18-14/h3-9,11,17H,10H2,1-2H3. The number of benzene rings is 1. The van der Waals surface area contributed by atoms with Crippen LogP contribution < -0.4 is 10.1 Å². The minimum Gasteiger partial charge on any atom is -0.487 e. The molecule has 0 saturated carbocycles. The second kappa shape index (κ2) is 6.68. The highest BCUT2D eigenvalue weighted by Gasteiger charge is 2.04. The first-order valence-electron chi connectivity index (χ1n) is 6.19. The van der Waals surface area contributed by atoms with Crippen molar-refractivity contribution in [3.05, 3.63) is 58.3 Å². The first-order chi connectivity index (χ1) is 9.19. The summed E-state index contributed by atoms with van der Waals surface area (Å²) in [7, 11) is 1.95. The predicted molar refractivity (Wildman–Crippen MR) is 80.2 cm³/mol. The number of rotatable bonds is 5. The summed E-state index contributed by atoms with van der Waals surface area (Å²) in [6, 6.07) is 12.3. The molecule has 0 aliphatic heterocycles. The molecule has 19 heavy (non-hydrogen) atoms. The van der Waals surface area contributed by atoms with Gasteiger partial charge in [0.2, 0.25) is 0 Å². The van der Waals surface area contributed by atoms with Crippen molar-refractivity contribution < 1.29 is 4.74 Å². The number of aromatic nitrogens is 1. The van der Waals surface area contributed by atoms with Crippen LogP contribution in [0, 0.1) is 0 Å². The fraction of sp³-hybridized carbons (Fsp3) is 0.267. The molecule has 4 heteroatoms. The minimum absolute atomic E-state index is 0.314. The topological polar surface area (TPSA) is 34.1 Å². The molecule has 2 aromatic rings. The van der Waals surface area contributed by atoms with Crippen LogP contribution in [0.4, 0.5) is 0 Å². The van der Waals surface area contributed by atoms with E-state index in [0.717, 1.165) is 15.9 Å². The Morgan fingerprint density at radius 3 is 2.84 bits per heavy atom. The number of nitrogens with one attached hydrogen (secondary N) is 1. The quantitative estimate of drug-likeness (QED) is 0.912. The molecular weight excluding hydrogens is 304 g/mol. The molecule has 0 spiro atoms.